The summed E-state index contributed by atoms with van der Waals surface area (Å²) in [4.78, 5) is 21.1. The largest absolute Gasteiger partial charge is 0.355 e. The molecule has 2 heterocycles. The predicted molar refractivity (Wildman–Crippen MR) is 132 cm³/mol. The Labute approximate surface area is 198 Å². The number of halogens is 1. The van der Waals surface area contributed by atoms with Crippen molar-refractivity contribution < 1.29 is 9.32 Å². The summed E-state index contributed by atoms with van der Waals surface area (Å²) in [5.41, 5.74) is 4.39. The van der Waals surface area contributed by atoms with E-state index < -0.39 is 0 Å². The van der Waals surface area contributed by atoms with Gasteiger partial charge in [0.2, 0.25) is 11.9 Å². The van der Waals surface area contributed by atoms with Crippen LogP contribution in [-0.2, 0) is 11.2 Å². The second-order valence-corrected chi connectivity index (χ2v) is 8.47. The highest BCUT2D eigenvalue weighted by Gasteiger charge is 2.13. The van der Waals surface area contributed by atoms with Gasteiger partial charge in [-0.05, 0) is 42.3 Å². The number of nitrogens with zero attached hydrogens (tertiary/aromatic N) is 3. The minimum atomic E-state index is -0.123. The maximum atomic E-state index is 12.4. The molecule has 0 aliphatic carbocycles. The maximum Gasteiger partial charge on any atom is 0.229 e. The number of carbonyl (C=O) groups excluding carboxylic acids is 1. The summed E-state index contributed by atoms with van der Waals surface area (Å²) in [5, 5.41) is 7.87. The van der Waals surface area contributed by atoms with Crippen molar-refractivity contribution in [2.45, 2.75) is 12.8 Å². The van der Waals surface area contributed by atoms with Crippen LogP contribution in [0, 0.1) is 0 Å². The van der Waals surface area contributed by atoms with E-state index in [1.54, 1.807) is 6.20 Å². The van der Waals surface area contributed by atoms with E-state index in [-0.39, 0.29) is 11.9 Å². The van der Waals surface area contributed by atoms with Crippen molar-refractivity contribution in [2.24, 2.45) is 0 Å². The van der Waals surface area contributed by atoms with Gasteiger partial charge < -0.3 is 4.52 Å². The summed E-state index contributed by atoms with van der Waals surface area (Å²) in [5.74, 6) is 0.849. The monoisotopic (exact) mass is 498 g/mol. The summed E-state index contributed by atoms with van der Waals surface area (Å²) < 4.78 is 6.59. The van der Waals surface area contributed by atoms with Gasteiger partial charge >= 0.3 is 0 Å². The summed E-state index contributed by atoms with van der Waals surface area (Å²) >= 11 is 3.50. The van der Waals surface area contributed by atoms with Gasteiger partial charge in [-0.1, -0.05) is 69.6 Å². The number of nitrogens with one attached hydrogen (secondary N) is 1. The molecule has 5 rings (SSSR count). The second kappa shape index (κ2) is 9.34. The first-order chi connectivity index (χ1) is 16.2. The lowest BCUT2D eigenvalue weighted by Gasteiger charge is -2.06. The molecule has 0 unspecified atom stereocenters. The topological polar surface area (TPSA) is 80.9 Å². The molecular weight excluding hydrogens is 480 g/mol. The van der Waals surface area contributed by atoms with E-state index in [1.165, 1.54) is 0 Å². The van der Waals surface area contributed by atoms with Crippen molar-refractivity contribution in [3.05, 3.63) is 95.1 Å². The minimum Gasteiger partial charge on any atom is -0.355 e. The molecule has 1 N–H and O–H groups in total. The molecule has 2 aromatic heterocycles. The smallest absolute Gasteiger partial charge is 0.229 e. The highest BCUT2D eigenvalue weighted by atomic mass is 79.9. The van der Waals surface area contributed by atoms with Gasteiger partial charge in [0, 0.05) is 28.2 Å². The van der Waals surface area contributed by atoms with Crippen molar-refractivity contribution in [2.75, 3.05) is 5.32 Å². The van der Waals surface area contributed by atoms with Crippen LogP contribution in [-0.4, -0.2) is 21.0 Å². The molecule has 162 valence electrons. The van der Waals surface area contributed by atoms with E-state index in [0.717, 1.165) is 32.1 Å². The molecule has 0 saturated heterocycles. The standard InChI is InChI=1S/C26H19BrN4O2/c27-20-8-4-7-19(15-20)25-21-16-18(10-11-23(21)31-33-25)22-13-14-28-26(29-22)30-24(32)12-9-17-5-2-1-3-6-17/h1-8,10-11,13-16H,9,12H2,(H,28,29,30,32). The van der Waals surface area contributed by atoms with Crippen molar-refractivity contribution in [1.82, 2.24) is 15.1 Å². The van der Waals surface area contributed by atoms with Gasteiger partial charge in [0.1, 0.15) is 5.52 Å². The first-order valence-corrected chi connectivity index (χ1v) is 11.3. The fourth-order valence-electron chi connectivity index (χ4n) is 3.61. The molecule has 0 radical (unpaired) electrons. The fourth-order valence-corrected chi connectivity index (χ4v) is 4.01. The van der Waals surface area contributed by atoms with Crippen LogP contribution < -0.4 is 5.32 Å². The van der Waals surface area contributed by atoms with Crippen molar-refractivity contribution in [3.63, 3.8) is 0 Å². The zero-order valence-corrected chi connectivity index (χ0v) is 19.1. The van der Waals surface area contributed by atoms with Gasteiger partial charge in [-0.25, -0.2) is 9.97 Å². The summed E-state index contributed by atoms with van der Waals surface area (Å²) in [7, 11) is 0. The number of benzene rings is 3. The summed E-state index contributed by atoms with van der Waals surface area (Å²) in [6.07, 6.45) is 2.66. The third-order valence-electron chi connectivity index (χ3n) is 5.25. The third-order valence-corrected chi connectivity index (χ3v) is 5.74. The average molecular weight is 499 g/mol. The van der Waals surface area contributed by atoms with Crippen molar-refractivity contribution >= 4 is 38.7 Å². The molecule has 33 heavy (non-hydrogen) atoms. The molecule has 0 aliphatic rings. The lowest BCUT2D eigenvalue weighted by Crippen LogP contribution is -2.14. The highest BCUT2D eigenvalue weighted by molar-refractivity contribution is 9.10. The Morgan fingerprint density at radius 3 is 2.67 bits per heavy atom. The third kappa shape index (κ3) is 4.83. The van der Waals surface area contributed by atoms with E-state index in [4.69, 9.17) is 4.52 Å². The summed E-state index contributed by atoms with van der Waals surface area (Å²) in [6.45, 7) is 0. The molecule has 3 aromatic carbocycles. The molecule has 0 bridgehead atoms. The van der Waals surface area contributed by atoms with Gasteiger partial charge in [0.05, 0.1) is 11.1 Å². The molecule has 0 aliphatic heterocycles. The molecule has 6 nitrogen and oxygen atoms in total. The quantitative estimate of drug-likeness (QED) is 0.297. The Morgan fingerprint density at radius 1 is 0.939 bits per heavy atom. The van der Waals surface area contributed by atoms with E-state index in [1.807, 2.05) is 78.9 Å². The number of fused-ring (bicyclic) bond motifs is 1. The second-order valence-electron chi connectivity index (χ2n) is 7.55. The van der Waals surface area contributed by atoms with Gasteiger partial charge in [-0.15, -0.1) is 0 Å². The van der Waals surface area contributed by atoms with E-state index in [0.29, 0.717) is 24.3 Å². The maximum absolute atomic E-state index is 12.4. The zero-order chi connectivity index (χ0) is 22.6. The van der Waals surface area contributed by atoms with Crippen LogP contribution in [0.3, 0.4) is 0 Å². The Hall–Kier alpha value is -3.84. The Bertz CT molecular complexity index is 1430. The predicted octanol–water partition coefficient (Wildman–Crippen LogP) is 6.29. The van der Waals surface area contributed by atoms with Crippen LogP contribution in [0.4, 0.5) is 5.95 Å². The van der Waals surface area contributed by atoms with Crippen LogP contribution in [0.25, 0.3) is 33.5 Å². The lowest BCUT2D eigenvalue weighted by atomic mass is 10.0. The first-order valence-electron chi connectivity index (χ1n) is 10.5. The van der Waals surface area contributed by atoms with Gasteiger partial charge in [0.25, 0.3) is 0 Å². The number of aromatic nitrogens is 3. The molecule has 0 spiro atoms. The van der Waals surface area contributed by atoms with Crippen LogP contribution in [0.1, 0.15) is 12.0 Å². The lowest BCUT2D eigenvalue weighted by molar-refractivity contribution is -0.116. The van der Waals surface area contributed by atoms with Crippen LogP contribution in [0.5, 0.6) is 0 Å². The average Bonchev–Trinajstić information content (AvgIpc) is 3.27. The Balaban J connectivity index is 1.37. The Morgan fingerprint density at radius 2 is 1.82 bits per heavy atom. The van der Waals surface area contributed by atoms with Gasteiger partial charge in [0.15, 0.2) is 5.76 Å². The van der Waals surface area contributed by atoms with E-state index in [9.17, 15) is 4.79 Å². The number of anilines is 1. The molecule has 7 heteroatoms. The van der Waals surface area contributed by atoms with Crippen LogP contribution in [0.15, 0.2) is 94.1 Å². The van der Waals surface area contributed by atoms with Crippen LogP contribution in [0.2, 0.25) is 0 Å². The number of rotatable bonds is 6. The number of hydrogen-bond donors (Lipinski definition) is 1. The van der Waals surface area contributed by atoms with E-state index >= 15 is 0 Å². The molecule has 0 saturated carbocycles. The zero-order valence-electron chi connectivity index (χ0n) is 17.5. The SMILES string of the molecule is O=C(CCc1ccccc1)Nc1nccc(-c2ccc3noc(-c4cccc(Br)c4)c3c2)n1. The van der Waals surface area contributed by atoms with Gasteiger partial charge in [-0.3, -0.25) is 10.1 Å². The fraction of sp³-hybridized carbons (Fsp3) is 0.0769. The summed E-state index contributed by atoms with van der Waals surface area (Å²) in [6, 6.07) is 25.4. The number of aryl methyl sites for hydroxylation is 1. The number of carbonyl (C=O) groups is 1. The van der Waals surface area contributed by atoms with Crippen molar-refractivity contribution in [3.8, 4) is 22.6 Å². The molecular formula is C26H19BrN4O2. The molecule has 0 atom stereocenters. The molecule has 5 aromatic rings. The van der Waals surface area contributed by atoms with Gasteiger partial charge in [-0.2, -0.15) is 0 Å². The first kappa shape index (κ1) is 21.0. The normalized spacial score (nSPS) is 10.9. The number of amides is 1. The van der Waals surface area contributed by atoms with Crippen LogP contribution >= 0.6 is 15.9 Å². The van der Waals surface area contributed by atoms with Crippen molar-refractivity contribution in [1.29, 1.82) is 0 Å². The highest BCUT2D eigenvalue weighted by Crippen LogP contribution is 2.33. The molecule has 1 amide bonds. The Kier molecular flexibility index (Phi) is 5.95. The number of hydrogen-bond acceptors (Lipinski definition) is 5. The van der Waals surface area contributed by atoms with E-state index in [2.05, 4.69) is 36.4 Å². The molecule has 0 fully saturated rings. The minimum absolute atomic E-state index is 0.123.